The number of hydrogen-bond donors (Lipinski definition) is 1. The molecule has 0 atom stereocenters. The van der Waals surface area contributed by atoms with Crippen LogP contribution in [0.1, 0.15) is 101 Å². The Morgan fingerprint density at radius 1 is 0.388 bits per heavy atom. The van der Waals surface area contributed by atoms with Gasteiger partial charge in [0.2, 0.25) is 0 Å². The van der Waals surface area contributed by atoms with E-state index in [1.807, 2.05) is 77.3 Å². The first kappa shape index (κ1) is 80.3. The third kappa shape index (κ3) is 18.1. The zero-order chi connectivity index (χ0) is 73.9. The summed E-state index contributed by atoms with van der Waals surface area (Å²) in [4.78, 5) is 25.1. The summed E-state index contributed by atoms with van der Waals surface area (Å²) in [6.45, 7) is 59.2. The number of rotatable bonds is 9. The van der Waals surface area contributed by atoms with Crippen molar-refractivity contribution in [2.24, 2.45) is 0 Å². The van der Waals surface area contributed by atoms with Crippen molar-refractivity contribution in [1.82, 2.24) is 44.3 Å². The third-order valence-electron chi connectivity index (χ3n) is 17.1. The Morgan fingerprint density at radius 3 is 0.913 bits per heavy atom. The van der Waals surface area contributed by atoms with Crippen LogP contribution in [0.25, 0.3) is 99.1 Å². The standard InChI is InChI=1S/2C27H26N4.C27H25N4.CHF3O3S.Ag.Ir/c3*1-16-11-19(4)26(20(5)12-16)31-27(29-21(6)30-31)23-10-8-9-22(15-23)25-17(2)13-24(28-7)14-18(25)3;2-1(3,4)8(5,6)7;;/h2*8-15H,1-6H3;8-9,11-15H,1-6H3;(H,5,6,7);;/q;;-1;;;. The number of nitrogens with zero attached hydrogens (tertiary/aromatic N) is 12. The van der Waals surface area contributed by atoms with Gasteiger partial charge in [0, 0.05) is 53.6 Å². The van der Waals surface area contributed by atoms with Crippen molar-refractivity contribution in [3.63, 3.8) is 0 Å². The zero-order valence-electron chi connectivity index (χ0n) is 60.6. The van der Waals surface area contributed by atoms with Crippen molar-refractivity contribution in [3.05, 3.63) is 281 Å². The van der Waals surface area contributed by atoms with E-state index in [4.69, 9.17) is 62.9 Å². The Kier molecular flexibility index (Phi) is 25.7. The molecule has 0 aliphatic carbocycles. The molecule has 9 aromatic carbocycles. The van der Waals surface area contributed by atoms with E-state index in [9.17, 15) is 13.2 Å². The fourth-order valence-corrected chi connectivity index (χ4v) is 13.5. The van der Waals surface area contributed by atoms with Crippen LogP contribution < -0.4 is 0 Å². The molecule has 0 bridgehead atoms. The molecule has 12 rings (SSSR count). The molecule has 3 aromatic heterocycles. The molecule has 103 heavy (non-hydrogen) atoms. The van der Waals surface area contributed by atoms with Gasteiger partial charge in [0.1, 0.15) is 17.5 Å². The summed E-state index contributed by atoms with van der Waals surface area (Å²) in [6, 6.07) is 51.1. The smallest absolute Gasteiger partial charge is 0.279 e. The van der Waals surface area contributed by atoms with Gasteiger partial charge in [-0.1, -0.05) is 159 Å². The van der Waals surface area contributed by atoms with E-state index in [-0.39, 0.29) is 42.5 Å². The van der Waals surface area contributed by atoms with Gasteiger partial charge in [-0.2, -0.15) is 36.9 Å². The molecule has 0 spiro atoms. The molecule has 0 aliphatic heterocycles. The van der Waals surface area contributed by atoms with E-state index in [0.29, 0.717) is 17.1 Å². The molecule has 0 unspecified atom stereocenters. The van der Waals surface area contributed by atoms with Crippen LogP contribution in [-0.4, -0.2) is 62.8 Å². The van der Waals surface area contributed by atoms with Gasteiger partial charge >= 0.3 is 15.6 Å². The number of alkyl halides is 3. The van der Waals surface area contributed by atoms with Crippen molar-refractivity contribution >= 4 is 27.2 Å². The molecule has 0 aliphatic rings. The van der Waals surface area contributed by atoms with Crippen LogP contribution >= 0.6 is 0 Å². The van der Waals surface area contributed by atoms with Crippen molar-refractivity contribution in [3.8, 4) is 84.6 Å². The van der Waals surface area contributed by atoms with Gasteiger partial charge in [0.25, 0.3) is 0 Å². The second-order valence-electron chi connectivity index (χ2n) is 25.7. The Bertz CT molecular complexity index is 4860. The van der Waals surface area contributed by atoms with Crippen LogP contribution in [0.2, 0.25) is 0 Å². The topological polar surface area (TPSA) is 160 Å². The molecule has 12 aromatic rings. The second kappa shape index (κ2) is 32.9. The third-order valence-corrected chi connectivity index (χ3v) is 17.6. The van der Waals surface area contributed by atoms with Crippen molar-refractivity contribution in [2.45, 2.75) is 130 Å². The summed E-state index contributed by atoms with van der Waals surface area (Å²) in [5.74, 6) is 4.66. The molecule has 0 amide bonds. The van der Waals surface area contributed by atoms with Crippen LogP contribution in [0.4, 0.5) is 30.2 Å². The van der Waals surface area contributed by atoms with E-state index < -0.39 is 15.6 Å². The molecule has 15 nitrogen and oxygen atoms in total. The van der Waals surface area contributed by atoms with Gasteiger partial charge in [0.05, 0.1) is 42.6 Å². The van der Waals surface area contributed by atoms with E-state index in [2.05, 4.69) is 222 Å². The summed E-state index contributed by atoms with van der Waals surface area (Å²) in [7, 11) is -5.84. The molecule has 1 N–H and O–H groups in total. The first-order valence-corrected chi connectivity index (χ1v) is 33.8. The van der Waals surface area contributed by atoms with E-state index in [1.165, 1.54) is 61.2 Å². The maximum atomic E-state index is 10.7. The SMILES string of the molecule is O=S(=O)(O)C(F)(F)F.[Ag].[C-]#[N+]c1cc(C)c(-c2cc[c-]c(-c3nc(C)nn3-c3c(C)cc(C)cc3C)c2)c(C)c1.[C-]#[N+]c1cc(C)c(-c2cccc(-c3nc(C)nn3-c3c(C)cc(C)cc3C)c2)c(C)c1.[C-]#[N+]c1cc(C)c(-c2cccc(-c3nc(C)nn3-c3c(C)cc(C)cc3C)c2)c(C)c1.[Ir]. The monoisotopic (exact) mass is 1670 g/mol. The number of aryl methyl sites for hydroxylation is 18. The average molecular weight is 1670 g/mol. The van der Waals surface area contributed by atoms with E-state index in [1.54, 1.807) is 0 Å². The van der Waals surface area contributed by atoms with Gasteiger partial charge in [0.15, 0.2) is 28.7 Å². The predicted octanol–water partition coefficient (Wildman–Crippen LogP) is 21.2. The van der Waals surface area contributed by atoms with Crippen LogP contribution in [0, 0.1) is 150 Å². The first-order valence-electron chi connectivity index (χ1n) is 32.4. The summed E-state index contributed by atoms with van der Waals surface area (Å²) >= 11 is 0. The summed E-state index contributed by atoms with van der Waals surface area (Å²) < 4.78 is 63.4. The largest absolute Gasteiger partial charge is 0.522 e. The fraction of sp³-hybridized carbons (Fsp3) is 0.232. The van der Waals surface area contributed by atoms with Crippen LogP contribution in [0.3, 0.4) is 0 Å². The quantitative estimate of drug-likeness (QED) is 0.0642. The fourth-order valence-electron chi connectivity index (χ4n) is 13.5. The Hall–Kier alpha value is -10.0. The normalized spacial score (nSPS) is 10.9. The van der Waals surface area contributed by atoms with Crippen molar-refractivity contribution < 1.29 is 68.6 Å². The maximum absolute atomic E-state index is 10.7. The molecule has 21 heteroatoms. The summed E-state index contributed by atoms with van der Waals surface area (Å²) in [5, 5.41) is 14.2. The van der Waals surface area contributed by atoms with Gasteiger partial charge in [-0.15, -0.1) is 35.4 Å². The van der Waals surface area contributed by atoms with Crippen molar-refractivity contribution in [1.29, 1.82) is 0 Å². The van der Waals surface area contributed by atoms with E-state index >= 15 is 0 Å². The molecule has 532 valence electrons. The van der Waals surface area contributed by atoms with Crippen LogP contribution in [-0.2, 0) is 52.6 Å². The average Bonchev–Trinajstić information content (AvgIpc) is 1.72. The molecular weight excluding hydrogens is 1590 g/mol. The number of benzene rings is 9. The summed E-state index contributed by atoms with van der Waals surface area (Å²) in [6.07, 6.45) is 0. The molecular formula is C82H78AgF3IrN12O3S-. The van der Waals surface area contributed by atoms with Gasteiger partial charge in [-0.25, -0.2) is 33.9 Å². The number of halogens is 3. The first-order chi connectivity index (χ1) is 47.6. The Morgan fingerprint density at radius 2 is 0.641 bits per heavy atom. The van der Waals surface area contributed by atoms with Crippen LogP contribution in [0.15, 0.2) is 140 Å². The van der Waals surface area contributed by atoms with Gasteiger partial charge in [-0.3, -0.25) is 14.2 Å². The van der Waals surface area contributed by atoms with E-state index in [0.717, 1.165) is 124 Å². The molecule has 2 radical (unpaired) electrons. The molecule has 0 saturated heterocycles. The Balaban J connectivity index is 0.000000203. The Labute approximate surface area is 631 Å². The summed E-state index contributed by atoms with van der Waals surface area (Å²) in [5.41, 5.74) is 26.8. The molecule has 3 heterocycles. The minimum absolute atomic E-state index is 0. The predicted molar refractivity (Wildman–Crippen MR) is 397 cm³/mol. The van der Waals surface area contributed by atoms with Gasteiger partial charge < -0.3 is 0 Å². The zero-order valence-corrected chi connectivity index (χ0v) is 65.3. The van der Waals surface area contributed by atoms with Crippen molar-refractivity contribution in [2.75, 3.05) is 0 Å². The molecule has 0 saturated carbocycles. The van der Waals surface area contributed by atoms with Gasteiger partial charge in [-0.05, 0) is 198 Å². The maximum Gasteiger partial charge on any atom is 0.522 e. The minimum Gasteiger partial charge on any atom is -0.279 e. The van der Waals surface area contributed by atoms with Crippen LogP contribution in [0.5, 0.6) is 0 Å². The molecule has 0 fully saturated rings. The number of hydrogen-bond acceptors (Lipinski definition) is 8. The second-order valence-corrected chi connectivity index (χ2v) is 27.1. The number of aromatic nitrogens is 9. The minimum atomic E-state index is -5.84.